The van der Waals surface area contributed by atoms with Crippen molar-refractivity contribution in [3.05, 3.63) is 54.1 Å². The maximum Gasteiger partial charge on any atom is 0.179 e. The zero-order valence-electron chi connectivity index (χ0n) is 15.6. The summed E-state index contributed by atoms with van der Waals surface area (Å²) in [6.45, 7) is 6.11. The summed E-state index contributed by atoms with van der Waals surface area (Å²) in [4.78, 5) is 8.45. The van der Waals surface area contributed by atoms with Gasteiger partial charge in [-0.05, 0) is 49.9 Å². The Labute approximate surface area is 165 Å². The Morgan fingerprint density at radius 2 is 1.70 bits per heavy atom. The molecule has 0 fully saturated rings. The molecule has 2 aromatic rings. The fourth-order valence-corrected chi connectivity index (χ4v) is 4.05. The van der Waals surface area contributed by atoms with Crippen LogP contribution in [0.4, 0.5) is 5.69 Å². The first kappa shape index (κ1) is 21.7. The topological polar surface area (TPSA) is 81.9 Å². The smallest absolute Gasteiger partial charge is 0.179 e. The van der Waals surface area contributed by atoms with Crippen LogP contribution in [0.3, 0.4) is 0 Å². The van der Waals surface area contributed by atoms with E-state index >= 15 is 0 Å². The molecule has 0 radical (unpaired) electrons. The van der Waals surface area contributed by atoms with E-state index in [2.05, 4.69) is 0 Å². The molecule has 0 saturated heterocycles. The van der Waals surface area contributed by atoms with Crippen LogP contribution in [0.2, 0.25) is 0 Å². The lowest BCUT2D eigenvalue weighted by Gasteiger charge is -2.19. The summed E-state index contributed by atoms with van der Waals surface area (Å²) >= 11 is 1.16. The molecule has 2 N–H and O–H groups in total. The van der Waals surface area contributed by atoms with Gasteiger partial charge in [-0.3, -0.25) is 0 Å². The maximum atomic E-state index is 12.4. The summed E-state index contributed by atoms with van der Waals surface area (Å²) in [7, 11) is -3.33. The predicted molar refractivity (Wildman–Crippen MR) is 109 cm³/mol. The van der Waals surface area contributed by atoms with Crippen LogP contribution in [-0.4, -0.2) is 45.3 Å². The molecular weight excluding hydrogens is 384 g/mol. The summed E-state index contributed by atoms with van der Waals surface area (Å²) in [5.41, 5.74) is 7.34. The highest BCUT2D eigenvalue weighted by molar-refractivity contribution is 7.94. The number of sulfone groups is 1. The van der Waals surface area contributed by atoms with E-state index in [4.69, 9.17) is 15.0 Å². The highest BCUT2D eigenvalue weighted by Gasteiger charge is 2.16. The monoisotopic (exact) mass is 410 g/mol. The number of nitrogen functional groups attached to an aromatic ring is 1. The average molecular weight is 411 g/mol. The molecular formula is C19H26N2O4S2. The van der Waals surface area contributed by atoms with Crippen molar-refractivity contribution in [2.75, 3.05) is 37.7 Å². The summed E-state index contributed by atoms with van der Waals surface area (Å²) in [6, 6.07) is 14.2. The van der Waals surface area contributed by atoms with Crippen molar-refractivity contribution in [3.8, 4) is 0 Å². The van der Waals surface area contributed by atoms with Gasteiger partial charge < -0.3 is 10.6 Å². The first-order chi connectivity index (χ1) is 12.9. The van der Waals surface area contributed by atoms with E-state index in [0.717, 1.165) is 23.5 Å². The van der Waals surface area contributed by atoms with Gasteiger partial charge >= 0.3 is 0 Å². The zero-order valence-corrected chi connectivity index (χ0v) is 17.3. The van der Waals surface area contributed by atoms with Crippen molar-refractivity contribution >= 4 is 27.6 Å². The number of nitrogens with zero attached hydrogens (tertiary/aromatic N) is 1. The summed E-state index contributed by atoms with van der Waals surface area (Å²) in [6.07, 6.45) is 0. The van der Waals surface area contributed by atoms with E-state index in [1.165, 1.54) is 5.56 Å². The van der Waals surface area contributed by atoms with Crippen molar-refractivity contribution in [1.29, 1.82) is 0 Å². The minimum absolute atomic E-state index is 0.0454. The Morgan fingerprint density at radius 3 is 2.33 bits per heavy atom. The summed E-state index contributed by atoms with van der Waals surface area (Å²) < 4.78 is 29.9. The molecule has 0 aliphatic carbocycles. The molecule has 2 rings (SSSR count). The number of hydrogen-bond acceptors (Lipinski definition) is 7. The number of likely N-dealkylation sites (N-methyl/N-ethyl adjacent to an activating group) is 1. The van der Waals surface area contributed by atoms with Crippen molar-refractivity contribution in [2.45, 2.75) is 23.6 Å². The van der Waals surface area contributed by atoms with Crippen LogP contribution in [0.5, 0.6) is 0 Å². The SMILES string of the molecule is CCN(CCOOSc1ccc(C)cc1)CCS(=O)(=O)c1ccc(N)cc1. The van der Waals surface area contributed by atoms with E-state index in [1.54, 1.807) is 24.3 Å². The fourth-order valence-electron chi connectivity index (χ4n) is 2.33. The van der Waals surface area contributed by atoms with Gasteiger partial charge in [0.2, 0.25) is 0 Å². The van der Waals surface area contributed by atoms with Crippen LogP contribution in [0.25, 0.3) is 0 Å². The standard InChI is InChI=1S/C19H26N2O4S2/c1-3-21(12-14-24-25-26-18-8-4-16(2)5-9-18)13-15-27(22,23)19-10-6-17(20)7-11-19/h4-11H,3,12-15,20H2,1-2H3. The minimum atomic E-state index is -3.33. The van der Waals surface area contributed by atoms with Gasteiger partial charge in [0.05, 0.1) is 29.3 Å². The normalized spacial score (nSPS) is 11.8. The van der Waals surface area contributed by atoms with Crippen molar-refractivity contribution in [2.24, 2.45) is 0 Å². The number of nitrogens with two attached hydrogens (primary N) is 1. The average Bonchev–Trinajstić information content (AvgIpc) is 2.66. The van der Waals surface area contributed by atoms with Gasteiger partial charge in [0, 0.05) is 23.7 Å². The quantitative estimate of drug-likeness (QED) is 0.200. The Bertz CT molecular complexity index is 793. The number of hydrogen-bond donors (Lipinski definition) is 1. The number of rotatable bonds is 11. The molecule has 0 aliphatic rings. The lowest BCUT2D eigenvalue weighted by Crippen LogP contribution is -2.32. The molecule has 0 heterocycles. The van der Waals surface area contributed by atoms with Gasteiger partial charge in [0.25, 0.3) is 0 Å². The summed E-state index contributed by atoms with van der Waals surface area (Å²) in [5.74, 6) is 0.0454. The lowest BCUT2D eigenvalue weighted by molar-refractivity contribution is -0.193. The van der Waals surface area contributed by atoms with E-state index in [0.29, 0.717) is 30.3 Å². The molecule has 0 amide bonds. The second-order valence-corrected chi connectivity index (χ2v) is 8.99. The molecule has 6 nitrogen and oxygen atoms in total. The van der Waals surface area contributed by atoms with E-state index in [1.807, 2.05) is 43.0 Å². The Hall–Kier alpha value is -1.58. The third kappa shape index (κ3) is 7.51. The van der Waals surface area contributed by atoms with Crippen LogP contribution in [0.15, 0.2) is 58.3 Å². The molecule has 0 spiro atoms. The summed E-state index contributed by atoms with van der Waals surface area (Å²) in [5, 5.41) is 0. The van der Waals surface area contributed by atoms with Gasteiger partial charge in [-0.25, -0.2) is 13.3 Å². The molecule has 27 heavy (non-hydrogen) atoms. The molecule has 0 atom stereocenters. The first-order valence-corrected chi connectivity index (χ1v) is 11.1. The van der Waals surface area contributed by atoms with Crippen LogP contribution < -0.4 is 5.73 Å². The second kappa shape index (κ2) is 10.7. The van der Waals surface area contributed by atoms with Gasteiger partial charge in [0.15, 0.2) is 9.84 Å². The highest BCUT2D eigenvalue weighted by Crippen LogP contribution is 2.19. The largest absolute Gasteiger partial charge is 0.399 e. The molecule has 0 aliphatic heterocycles. The van der Waals surface area contributed by atoms with Crippen molar-refractivity contribution in [3.63, 3.8) is 0 Å². The molecule has 2 aromatic carbocycles. The maximum absolute atomic E-state index is 12.4. The minimum Gasteiger partial charge on any atom is -0.399 e. The predicted octanol–water partition coefficient (Wildman–Crippen LogP) is 3.33. The van der Waals surface area contributed by atoms with Crippen molar-refractivity contribution < 1.29 is 17.6 Å². The molecule has 0 saturated carbocycles. The van der Waals surface area contributed by atoms with Crippen LogP contribution >= 0.6 is 12.0 Å². The highest BCUT2D eigenvalue weighted by atomic mass is 32.2. The van der Waals surface area contributed by atoms with Crippen molar-refractivity contribution in [1.82, 2.24) is 4.90 Å². The fraction of sp³-hybridized carbons (Fsp3) is 0.368. The first-order valence-electron chi connectivity index (χ1n) is 8.74. The van der Waals surface area contributed by atoms with Gasteiger partial charge in [-0.1, -0.05) is 24.6 Å². The Morgan fingerprint density at radius 1 is 1.04 bits per heavy atom. The van der Waals surface area contributed by atoms with Gasteiger partial charge in [0.1, 0.15) is 0 Å². The Kier molecular flexibility index (Phi) is 8.59. The third-order valence-corrected chi connectivity index (χ3v) is 6.39. The van der Waals surface area contributed by atoms with Crippen LogP contribution in [0.1, 0.15) is 12.5 Å². The molecule has 148 valence electrons. The number of aryl methyl sites for hydroxylation is 1. The number of benzene rings is 2. The van der Waals surface area contributed by atoms with Gasteiger partial charge in [-0.2, -0.15) is 4.33 Å². The third-order valence-electron chi connectivity index (χ3n) is 4.05. The zero-order chi connectivity index (χ0) is 19.7. The molecule has 8 heteroatoms. The van der Waals surface area contributed by atoms with Crippen LogP contribution in [-0.2, 0) is 19.1 Å². The molecule has 0 bridgehead atoms. The lowest BCUT2D eigenvalue weighted by atomic mass is 10.2. The van der Waals surface area contributed by atoms with E-state index in [9.17, 15) is 8.42 Å². The van der Waals surface area contributed by atoms with Gasteiger partial charge in [-0.15, -0.1) is 0 Å². The molecule has 0 aromatic heterocycles. The second-order valence-electron chi connectivity index (χ2n) is 6.11. The molecule has 0 unspecified atom stereocenters. The van der Waals surface area contributed by atoms with E-state index in [-0.39, 0.29) is 5.75 Å². The Balaban J connectivity index is 1.70. The number of anilines is 1. The van der Waals surface area contributed by atoms with E-state index < -0.39 is 9.84 Å². The van der Waals surface area contributed by atoms with Crippen LogP contribution in [0, 0.1) is 6.92 Å².